The summed E-state index contributed by atoms with van der Waals surface area (Å²) in [6, 6.07) is 22.6. The summed E-state index contributed by atoms with van der Waals surface area (Å²) >= 11 is 0. The van der Waals surface area contributed by atoms with Gasteiger partial charge in [0, 0.05) is 20.1 Å². The maximum atomic E-state index is 11.5. The average Bonchev–Trinajstić information content (AvgIpc) is 2.66. The first kappa shape index (κ1) is 22.3. The van der Waals surface area contributed by atoms with Gasteiger partial charge in [0.05, 0.1) is 11.6 Å². The van der Waals surface area contributed by atoms with Crippen molar-refractivity contribution in [2.24, 2.45) is 4.99 Å². The zero-order valence-electron chi connectivity index (χ0n) is 15.4. The predicted molar refractivity (Wildman–Crippen MR) is 103 cm³/mol. The third-order valence-corrected chi connectivity index (χ3v) is 4.14. The Hall–Kier alpha value is -1.76. The molecule has 0 aromatic heterocycles. The third-order valence-electron chi connectivity index (χ3n) is 4.14. The summed E-state index contributed by atoms with van der Waals surface area (Å²) in [7, 11) is 1.80. The molecule has 0 aliphatic carbocycles. The molecule has 1 aliphatic rings. The van der Waals surface area contributed by atoms with Gasteiger partial charge >= 0.3 is 31.1 Å². The second kappa shape index (κ2) is 11.8. The Kier molecular flexibility index (Phi) is 10.1. The topological polar surface area (TPSA) is 32.7 Å². The van der Waals surface area contributed by atoms with E-state index in [1.807, 2.05) is 60.7 Å². The molecule has 0 atom stereocenters. The maximum Gasteiger partial charge on any atom is 2.00 e. The Labute approximate surface area is 180 Å². The van der Waals surface area contributed by atoms with E-state index in [1.54, 1.807) is 11.9 Å². The number of hydrogen-bond donors (Lipinski definition) is 0. The molecule has 0 fully saturated rings. The van der Waals surface area contributed by atoms with Crippen molar-refractivity contribution in [3.8, 4) is 0 Å². The van der Waals surface area contributed by atoms with E-state index in [2.05, 4.69) is 24.9 Å². The normalized spacial score (nSPS) is 14.1. The van der Waals surface area contributed by atoms with Crippen LogP contribution in [0.1, 0.15) is 18.9 Å². The van der Waals surface area contributed by atoms with Crippen LogP contribution in [0, 0.1) is 44.1 Å². The molecular formula is C22H24N2OU. The second-order valence-corrected chi connectivity index (χ2v) is 5.84. The van der Waals surface area contributed by atoms with Crippen LogP contribution < -0.4 is 0 Å². The SMILES string of the molecule is [CH2-]C(=O)N1CCC(C)=C(C(=NC)c2ccccc2)C1.[U+2].[c-]1ccccc1. The molecule has 0 N–H and O–H groups in total. The maximum absolute atomic E-state index is 11.5. The minimum absolute atomic E-state index is 0. The Morgan fingerprint density at radius 2 is 1.73 bits per heavy atom. The Morgan fingerprint density at radius 3 is 2.19 bits per heavy atom. The van der Waals surface area contributed by atoms with Crippen LogP contribution in [0.25, 0.3) is 0 Å². The molecule has 132 valence electrons. The van der Waals surface area contributed by atoms with E-state index in [0.717, 1.165) is 29.8 Å². The number of rotatable bonds is 2. The molecule has 0 radical (unpaired) electrons. The van der Waals surface area contributed by atoms with Gasteiger partial charge in [-0.1, -0.05) is 35.9 Å². The molecular weight excluding hydrogens is 546 g/mol. The van der Waals surface area contributed by atoms with E-state index in [9.17, 15) is 4.79 Å². The first-order valence-corrected chi connectivity index (χ1v) is 8.36. The number of carbonyl (C=O) groups excluding carboxylic acids is 1. The van der Waals surface area contributed by atoms with Gasteiger partial charge in [0.25, 0.3) is 0 Å². The van der Waals surface area contributed by atoms with Gasteiger partial charge in [0.1, 0.15) is 0 Å². The van der Waals surface area contributed by atoms with Crippen molar-refractivity contribution < 1.29 is 35.9 Å². The van der Waals surface area contributed by atoms with Gasteiger partial charge in [-0.2, -0.15) is 36.4 Å². The van der Waals surface area contributed by atoms with Crippen LogP contribution in [-0.4, -0.2) is 36.7 Å². The number of nitrogens with zero attached hydrogens (tertiary/aromatic N) is 2. The van der Waals surface area contributed by atoms with E-state index >= 15 is 0 Å². The summed E-state index contributed by atoms with van der Waals surface area (Å²) in [5.41, 5.74) is 4.53. The number of hydrogen-bond acceptors (Lipinski definition) is 2. The van der Waals surface area contributed by atoms with Crippen LogP contribution in [0.4, 0.5) is 0 Å². The second-order valence-electron chi connectivity index (χ2n) is 5.84. The van der Waals surface area contributed by atoms with Crippen molar-refractivity contribution in [2.75, 3.05) is 20.1 Å². The van der Waals surface area contributed by atoms with E-state index in [-0.39, 0.29) is 37.0 Å². The van der Waals surface area contributed by atoms with Crippen molar-refractivity contribution in [2.45, 2.75) is 13.3 Å². The van der Waals surface area contributed by atoms with Crippen molar-refractivity contribution >= 4 is 11.6 Å². The molecule has 0 saturated carbocycles. The fourth-order valence-electron chi connectivity index (χ4n) is 2.72. The Balaban J connectivity index is 0.000000410. The molecule has 3 nitrogen and oxygen atoms in total. The largest absolute Gasteiger partial charge is 2.00 e. The minimum Gasteiger partial charge on any atom is -0.363 e. The number of aliphatic imine (C=N–C) groups is 1. The quantitative estimate of drug-likeness (QED) is 0.398. The Morgan fingerprint density at radius 1 is 1.12 bits per heavy atom. The van der Waals surface area contributed by atoms with Crippen LogP contribution in [0.2, 0.25) is 0 Å². The van der Waals surface area contributed by atoms with Crippen molar-refractivity contribution in [3.05, 3.63) is 90.4 Å². The fourth-order valence-corrected chi connectivity index (χ4v) is 2.72. The van der Waals surface area contributed by atoms with Crippen molar-refractivity contribution in [1.29, 1.82) is 0 Å². The molecule has 2 aromatic carbocycles. The molecule has 1 amide bonds. The minimum atomic E-state index is -0.117. The van der Waals surface area contributed by atoms with Gasteiger partial charge in [-0.3, -0.25) is 4.99 Å². The zero-order valence-corrected chi connectivity index (χ0v) is 19.6. The van der Waals surface area contributed by atoms with Gasteiger partial charge in [-0.25, -0.2) is 0 Å². The molecule has 0 unspecified atom stereocenters. The first-order valence-electron chi connectivity index (χ1n) is 8.36. The molecule has 26 heavy (non-hydrogen) atoms. The molecule has 1 heterocycles. The van der Waals surface area contributed by atoms with Crippen LogP contribution >= 0.6 is 0 Å². The third kappa shape index (κ3) is 6.52. The summed E-state index contributed by atoms with van der Waals surface area (Å²) in [6.07, 6.45) is 0.891. The molecule has 0 bridgehead atoms. The summed E-state index contributed by atoms with van der Waals surface area (Å²) in [5, 5.41) is 0. The molecule has 0 spiro atoms. The average molecular weight is 570 g/mol. The fraction of sp³-hybridized carbons (Fsp3) is 0.227. The molecule has 4 heteroatoms. The van der Waals surface area contributed by atoms with Gasteiger partial charge in [-0.15, -0.1) is 0 Å². The van der Waals surface area contributed by atoms with E-state index < -0.39 is 0 Å². The first-order chi connectivity index (χ1) is 12.1. The summed E-state index contributed by atoms with van der Waals surface area (Å²) in [4.78, 5) is 17.7. The van der Waals surface area contributed by atoms with Crippen molar-refractivity contribution in [1.82, 2.24) is 4.90 Å². The van der Waals surface area contributed by atoms with Crippen LogP contribution in [0.5, 0.6) is 0 Å². The number of amides is 1. The standard InChI is InChI=1S/C16H19N2O.C6H5.U/c1-12-9-10-18(13(2)19)11-15(12)16(17-3)14-7-5-4-6-8-14;1-2-4-6-5-3-1;/h4-8H,2,9-11H2,1,3H3;1-5H;/q2*-1;+2. The summed E-state index contributed by atoms with van der Waals surface area (Å²) < 4.78 is 0. The van der Waals surface area contributed by atoms with E-state index in [1.165, 1.54) is 5.57 Å². The summed E-state index contributed by atoms with van der Waals surface area (Å²) in [6.45, 7) is 6.98. The van der Waals surface area contributed by atoms with Gasteiger partial charge < -0.3 is 16.6 Å². The van der Waals surface area contributed by atoms with Gasteiger partial charge in [0.15, 0.2) is 0 Å². The molecule has 3 rings (SSSR count). The number of carbonyl (C=O) groups is 1. The van der Waals surface area contributed by atoms with Crippen LogP contribution in [-0.2, 0) is 4.79 Å². The zero-order chi connectivity index (χ0) is 18.1. The van der Waals surface area contributed by atoms with E-state index in [4.69, 9.17) is 0 Å². The summed E-state index contributed by atoms with van der Waals surface area (Å²) in [5.74, 6) is -0.117. The Bertz CT molecular complexity index is 713. The number of benzene rings is 2. The van der Waals surface area contributed by atoms with Crippen LogP contribution in [0.3, 0.4) is 0 Å². The smallest absolute Gasteiger partial charge is 0.363 e. The molecule has 0 saturated heterocycles. The van der Waals surface area contributed by atoms with Gasteiger partial charge in [0.2, 0.25) is 0 Å². The van der Waals surface area contributed by atoms with Gasteiger partial charge in [-0.05, 0) is 24.5 Å². The molecule has 1 aliphatic heterocycles. The van der Waals surface area contributed by atoms with Crippen LogP contribution in [0.15, 0.2) is 76.8 Å². The molecule has 2 aromatic rings. The monoisotopic (exact) mass is 570 g/mol. The van der Waals surface area contributed by atoms with Crippen molar-refractivity contribution in [3.63, 3.8) is 0 Å². The van der Waals surface area contributed by atoms with E-state index in [0.29, 0.717) is 6.54 Å². The predicted octanol–water partition coefficient (Wildman–Crippen LogP) is 3.98.